The Hall–Kier alpha value is -1.49. The first kappa shape index (κ1) is 13.6. The molecule has 2 nitrogen and oxygen atoms in total. The highest BCUT2D eigenvalue weighted by molar-refractivity contribution is 5.43. The smallest absolute Gasteiger partial charge is 0.138 e. The molecule has 0 amide bonds. The van der Waals surface area contributed by atoms with E-state index in [0.717, 1.165) is 11.3 Å². The van der Waals surface area contributed by atoms with Gasteiger partial charge in [-0.1, -0.05) is 47.5 Å². The van der Waals surface area contributed by atoms with Crippen LogP contribution in [0.3, 0.4) is 0 Å². The van der Waals surface area contributed by atoms with Gasteiger partial charge in [-0.25, -0.2) is 0 Å². The van der Waals surface area contributed by atoms with Crippen LogP contribution in [0.1, 0.15) is 58.4 Å². The van der Waals surface area contributed by atoms with Gasteiger partial charge in [0.2, 0.25) is 0 Å². The highest BCUT2D eigenvalue weighted by Gasteiger charge is 2.23. The minimum atomic E-state index is -0.0490. The van der Waals surface area contributed by atoms with Crippen LogP contribution in [0.4, 0.5) is 0 Å². The van der Waals surface area contributed by atoms with Crippen LogP contribution in [-0.2, 0) is 10.8 Å². The van der Waals surface area contributed by atoms with E-state index in [9.17, 15) is 0 Å². The molecule has 2 heteroatoms. The van der Waals surface area contributed by atoms with Crippen molar-refractivity contribution in [1.29, 1.82) is 5.41 Å². The van der Waals surface area contributed by atoms with Gasteiger partial charge < -0.3 is 4.98 Å². The number of terminal acetylenes is 1. The lowest BCUT2D eigenvalue weighted by atomic mass is 9.81. The van der Waals surface area contributed by atoms with Gasteiger partial charge in [-0.15, -0.1) is 6.42 Å². The van der Waals surface area contributed by atoms with Crippen LogP contribution in [0.15, 0.2) is 6.07 Å². The van der Waals surface area contributed by atoms with E-state index in [-0.39, 0.29) is 10.8 Å². The van der Waals surface area contributed by atoms with Crippen molar-refractivity contribution < 1.29 is 0 Å². The molecular weight excluding hydrogens is 208 g/mol. The fraction of sp³-hybridized carbons (Fsp3) is 0.533. The Morgan fingerprint density at radius 3 is 2.00 bits per heavy atom. The van der Waals surface area contributed by atoms with Crippen LogP contribution in [-0.4, -0.2) is 4.98 Å². The summed E-state index contributed by atoms with van der Waals surface area (Å²) in [6.45, 7) is 12.7. The number of aromatic amines is 1. The van der Waals surface area contributed by atoms with Crippen molar-refractivity contribution >= 4 is 0 Å². The van der Waals surface area contributed by atoms with E-state index in [1.54, 1.807) is 0 Å². The molecule has 0 aliphatic rings. The number of pyridine rings is 1. The Morgan fingerprint density at radius 1 is 1.12 bits per heavy atom. The molecule has 0 aliphatic heterocycles. The predicted octanol–water partition coefficient (Wildman–Crippen LogP) is 3.07. The number of H-pyrrole nitrogens is 1. The average Bonchev–Trinajstić information content (AvgIpc) is 2.13. The van der Waals surface area contributed by atoms with Crippen molar-refractivity contribution in [1.82, 2.24) is 4.98 Å². The van der Waals surface area contributed by atoms with Crippen molar-refractivity contribution in [2.24, 2.45) is 0 Å². The summed E-state index contributed by atoms with van der Waals surface area (Å²) in [6.07, 6.45) is 5.52. The maximum Gasteiger partial charge on any atom is 0.138 e. The lowest BCUT2D eigenvalue weighted by molar-refractivity contribution is 0.546. The van der Waals surface area contributed by atoms with Crippen LogP contribution in [0, 0.1) is 17.8 Å². The van der Waals surface area contributed by atoms with E-state index in [1.165, 1.54) is 0 Å². The van der Waals surface area contributed by atoms with Gasteiger partial charge in [0.15, 0.2) is 0 Å². The zero-order valence-corrected chi connectivity index (χ0v) is 11.7. The van der Waals surface area contributed by atoms with Gasteiger partial charge in [0, 0.05) is 11.1 Å². The van der Waals surface area contributed by atoms with Crippen molar-refractivity contribution in [3.63, 3.8) is 0 Å². The summed E-state index contributed by atoms with van der Waals surface area (Å²) in [6, 6.07) is 2.10. The van der Waals surface area contributed by atoms with E-state index in [0.29, 0.717) is 11.1 Å². The van der Waals surface area contributed by atoms with E-state index in [1.807, 2.05) is 0 Å². The molecule has 0 aliphatic carbocycles. The number of rotatable bonds is 0. The first-order chi connectivity index (χ1) is 7.57. The zero-order valence-electron chi connectivity index (χ0n) is 11.7. The summed E-state index contributed by atoms with van der Waals surface area (Å²) < 4.78 is 0. The molecule has 1 rings (SSSR count). The van der Waals surface area contributed by atoms with Crippen molar-refractivity contribution in [2.45, 2.75) is 52.4 Å². The Labute approximate surface area is 104 Å². The first-order valence-electron chi connectivity index (χ1n) is 5.87. The molecule has 17 heavy (non-hydrogen) atoms. The molecule has 1 heterocycles. The Balaban J connectivity index is 3.64. The second kappa shape index (κ2) is 4.07. The minimum absolute atomic E-state index is 0.0110. The molecular formula is C15H22N2. The molecule has 0 radical (unpaired) electrons. The molecule has 0 spiro atoms. The monoisotopic (exact) mass is 230 g/mol. The van der Waals surface area contributed by atoms with Gasteiger partial charge in [0.1, 0.15) is 5.49 Å². The molecule has 0 fully saturated rings. The van der Waals surface area contributed by atoms with E-state index in [4.69, 9.17) is 11.8 Å². The summed E-state index contributed by atoms with van der Waals surface area (Å²) in [5, 5.41) is 8.01. The first-order valence-corrected chi connectivity index (χ1v) is 5.87. The van der Waals surface area contributed by atoms with Gasteiger partial charge in [0.05, 0.1) is 5.56 Å². The molecule has 1 aromatic rings. The molecule has 0 atom stereocenters. The quantitative estimate of drug-likeness (QED) is 0.643. The standard InChI is InChI=1S/C15H22N2/c1-8-10-11(14(2,3)4)9-12(15(5,6)7)17-13(10)16/h1,9H,2-7H3,(H2,16,17). The Morgan fingerprint density at radius 2 is 1.65 bits per heavy atom. The second-order valence-corrected chi connectivity index (χ2v) is 6.49. The second-order valence-electron chi connectivity index (χ2n) is 6.49. The lowest BCUT2D eigenvalue weighted by Crippen LogP contribution is -2.27. The van der Waals surface area contributed by atoms with E-state index >= 15 is 0 Å². The molecule has 0 unspecified atom stereocenters. The maximum atomic E-state index is 8.01. The van der Waals surface area contributed by atoms with E-state index < -0.39 is 0 Å². The molecule has 1 aromatic heterocycles. The summed E-state index contributed by atoms with van der Waals surface area (Å²) in [7, 11) is 0. The Bertz CT molecular complexity index is 514. The molecule has 0 bridgehead atoms. The maximum absolute atomic E-state index is 8.01. The molecule has 92 valence electrons. The zero-order chi connectivity index (χ0) is 13.4. The van der Waals surface area contributed by atoms with Crippen LogP contribution in [0.5, 0.6) is 0 Å². The van der Waals surface area contributed by atoms with Crippen LogP contribution in [0.25, 0.3) is 0 Å². The van der Waals surface area contributed by atoms with Crippen molar-refractivity contribution in [3.05, 3.63) is 28.4 Å². The highest BCUT2D eigenvalue weighted by Crippen LogP contribution is 2.28. The fourth-order valence-corrected chi connectivity index (χ4v) is 1.73. The van der Waals surface area contributed by atoms with Crippen LogP contribution < -0.4 is 5.49 Å². The number of aromatic nitrogens is 1. The molecule has 0 saturated heterocycles. The Kier molecular flexibility index (Phi) is 3.25. The third-order valence-electron chi connectivity index (χ3n) is 2.83. The normalized spacial score (nSPS) is 12.3. The number of hydrogen-bond donors (Lipinski definition) is 2. The third kappa shape index (κ3) is 2.79. The summed E-state index contributed by atoms with van der Waals surface area (Å²) in [4.78, 5) is 3.10. The van der Waals surface area contributed by atoms with Gasteiger partial charge in [-0.2, -0.15) is 0 Å². The predicted molar refractivity (Wildman–Crippen MR) is 72.0 cm³/mol. The van der Waals surface area contributed by atoms with Gasteiger partial charge >= 0.3 is 0 Å². The largest absolute Gasteiger partial charge is 0.343 e. The van der Waals surface area contributed by atoms with Gasteiger partial charge in [-0.3, -0.25) is 5.41 Å². The van der Waals surface area contributed by atoms with E-state index in [2.05, 4.69) is 58.5 Å². The lowest BCUT2D eigenvalue weighted by Gasteiger charge is -2.26. The van der Waals surface area contributed by atoms with Crippen molar-refractivity contribution in [2.75, 3.05) is 0 Å². The summed E-state index contributed by atoms with van der Waals surface area (Å²) in [5.41, 5.74) is 3.06. The minimum Gasteiger partial charge on any atom is -0.343 e. The number of hydrogen-bond acceptors (Lipinski definition) is 1. The number of nitrogens with one attached hydrogen (secondary N) is 2. The van der Waals surface area contributed by atoms with Crippen LogP contribution in [0.2, 0.25) is 0 Å². The van der Waals surface area contributed by atoms with Gasteiger partial charge in [0.25, 0.3) is 0 Å². The van der Waals surface area contributed by atoms with Gasteiger partial charge in [-0.05, 0) is 17.0 Å². The van der Waals surface area contributed by atoms with Crippen molar-refractivity contribution in [3.8, 4) is 12.3 Å². The fourth-order valence-electron chi connectivity index (χ4n) is 1.73. The summed E-state index contributed by atoms with van der Waals surface area (Å²) >= 11 is 0. The average molecular weight is 230 g/mol. The SMILES string of the molecule is C#Cc1c(C(C)(C)C)cc(C(C)(C)C)[nH]c1=N. The third-order valence-corrected chi connectivity index (χ3v) is 2.83. The molecule has 2 N–H and O–H groups in total. The highest BCUT2D eigenvalue weighted by atomic mass is 14.8. The molecule has 0 saturated carbocycles. The topological polar surface area (TPSA) is 39.6 Å². The summed E-state index contributed by atoms with van der Waals surface area (Å²) in [5.74, 6) is 2.63. The molecule has 0 aromatic carbocycles. The van der Waals surface area contributed by atoms with Crippen LogP contribution >= 0.6 is 0 Å².